The average molecular weight is 541 g/mol. The molecule has 0 amide bonds. The molecule has 1 saturated carbocycles. The van der Waals surface area contributed by atoms with Crippen molar-refractivity contribution in [2.75, 3.05) is 0 Å². The lowest BCUT2D eigenvalue weighted by atomic mass is 9.78. The van der Waals surface area contributed by atoms with Crippen LogP contribution in [0.1, 0.15) is 94.9 Å². The van der Waals surface area contributed by atoms with Gasteiger partial charge in [0.05, 0.1) is 17.2 Å². The summed E-state index contributed by atoms with van der Waals surface area (Å²) in [6, 6.07) is 21.6. The van der Waals surface area contributed by atoms with Crippen LogP contribution in [0.4, 0.5) is 0 Å². The van der Waals surface area contributed by atoms with Gasteiger partial charge in [0.2, 0.25) is 5.69 Å². The zero-order valence-corrected chi connectivity index (χ0v) is 25.1. The van der Waals surface area contributed by atoms with Crippen molar-refractivity contribution in [3.8, 4) is 28.5 Å². The molecular formula is C38H39N2O+. The number of nitrogens with zero attached hydrogens (tertiary/aromatic N) is 2. The molecule has 7 rings (SSSR count). The third kappa shape index (κ3) is 3.87. The third-order valence-electron chi connectivity index (χ3n) is 9.75. The molecule has 2 aliphatic carbocycles. The Balaban J connectivity index is 1.58. The first-order valence-corrected chi connectivity index (χ1v) is 15.0. The second-order valence-corrected chi connectivity index (χ2v) is 13.6. The first-order valence-electron chi connectivity index (χ1n) is 15.5. The number of hydrogen-bond donors (Lipinski definition) is 0. The lowest BCUT2D eigenvalue weighted by Crippen LogP contribution is -2.30. The van der Waals surface area contributed by atoms with E-state index in [0.29, 0.717) is 5.56 Å². The van der Waals surface area contributed by atoms with E-state index in [1.54, 1.807) is 0 Å². The zero-order valence-electron chi connectivity index (χ0n) is 26.1. The van der Waals surface area contributed by atoms with Crippen LogP contribution < -0.4 is 4.57 Å². The molecule has 0 saturated heterocycles. The molecule has 206 valence electrons. The van der Waals surface area contributed by atoms with Crippen molar-refractivity contribution in [3.05, 3.63) is 88.6 Å². The summed E-state index contributed by atoms with van der Waals surface area (Å²) in [6.07, 6.45) is 7.05. The molecule has 0 radical (unpaired) electrons. The summed E-state index contributed by atoms with van der Waals surface area (Å²) in [5, 5.41) is 12.5. The Morgan fingerprint density at radius 1 is 0.927 bits per heavy atom. The van der Waals surface area contributed by atoms with Crippen molar-refractivity contribution in [3.63, 3.8) is 0 Å². The average Bonchev–Trinajstić information content (AvgIpc) is 3.60. The van der Waals surface area contributed by atoms with E-state index < -0.39 is 5.89 Å². The molecule has 0 bridgehead atoms. The minimum atomic E-state index is -0.599. The maximum absolute atomic E-state index is 10.4. The first kappa shape index (κ1) is 24.9. The molecule has 2 heterocycles. The van der Waals surface area contributed by atoms with Crippen LogP contribution in [0.25, 0.3) is 44.3 Å². The number of furan rings is 1. The van der Waals surface area contributed by atoms with Crippen molar-refractivity contribution in [2.24, 2.45) is 7.05 Å². The third-order valence-corrected chi connectivity index (χ3v) is 9.75. The summed E-state index contributed by atoms with van der Waals surface area (Å²) in [4.78, 5) is 0. The predicted octanol–water partition coefficient (Wildman–Crippen LogP) is 9.54. The molecular weight excluding hydrogens is 500 g/mol. The summed E-state index contributed by atoms with van der Waals surface area (Å²) in [5.41, 5.74) is 11.2. The Morgan fingerprint density at radius 2 is 1.63 bits per heavy atom. The van der Waals surface area contributed by atoms with Gasteiger partial charge in [-0.1, -0.05) is 64.8 Å². The highest BCUT2D eigenvalue weighted by Gasteiger charge is 2.44. The monoisotopic (exact) mass is 540 g/mol. The smallest absolute Gasteiger partial charge is 0.216 e. The SMILES string of the molecule is [2H]C1(c2cc(-c3c(C#N)ccc4c3oc3c(-c5cccc[n+]5C)c(C)ccc34)cc3c2C(C)(C)CC3(C)C)CCCC1. The second-order valence-electron chi connectivity index (χ2n) is 13.6. The number of aryl methyl sites for hydroxylation is 2. The molecule has 41 heavy (non-hydrogen) atoms. The summed E-state index contributed by atoms with van der Waals surface area (Å²) < 4.78 is 18.7. The lowest BCUT2D eigenvalue weighted by molar-refractivity contribution is -0.660. The van der Waals surface area contributed by atoms with Crippen LogP contribution in [0.3, 0.4) is 0 Å². The fraction of sp³-hybridized carbons (Fsp3) is 0.368. The quantitative estimate of drug-likeness (QED) is 0.214. The van der Waals surface area contributed by atoms with Crippen molar-refractivity contribution >= 4 is 21.9 Å². The highest BCUT2D eigenvalue weighted by atomic mass is 16.3. The lowest BCUT2D eigenvalue weighted by Gasteiger charge is -2.26. The van der Waals surface area contributed by atoms with Gasteiger partial charge in [-0.25, -0.2) is 4.57 Å². The molecule has 2 aliphatic rings. The van der Waals surface area contributed by atoms with Crippen LogP contribution in [0, 0.1) is 18.3 Å². The van der Waals surface area contributed by atoms with E-state index in [-0.39, 0.29) is 10.8 Å². The Kier molecular flexibility index (Phi) is 5.49. The topological polar surface area (TPSA) is 40.8 Å². The van der Waals surface area contributed by atoms with Crippen molar-refractivity contribution in [1.29, 1.82) is 5.26 Å². The molecule has 2 aromatic heterocycles. The Hall–Kier alpha value is -3.90. The molecule has 3 aromatic carbocycles. The molecule has 1 fully saturated rings. The maximum atomic E-state index is 10.4. The fourth-order valence-corrected chi connectivity index (χ4v) is 8.17. The van der Waals surface area contributed by atoms with Gasteiger partial charge in [0.15, 0.2) is 6.20 Å². The minimum absolute atomic E-state index is 0.00952. The molecule has 3 nitrogen and oxygen atoms in total. The maximum Gasteiger partial charge on any atom is 0.216 e. The molecule has 5 aromatic rings. The van der Waals surface area contributed by atoms with Crippen molar-refractivity contribution in [2.45, 2.75) is 83.4 Å². The van der Waals surface area contributed by atoms with Gasteiger partial charge in [0.25, 0.3) is 0 Å². The van der Waals surface area contributed by atoms with Gasteiger partial charge in [0, 0.05) is 29.8 Å². The number of rotatable bonds is 3. The molecule has 0 unspecified atom stereocenters. The van der Waals surface area contributed by atoms with Gasteiger partial charge in [-0.3, -0.25) is 0 Å². The number of hydrogen-bond acceptors (Lipinski definition) is 2. The van der Waals surface area contributed by atoms with E-state index in [0.717, 1.165) is 87.6 Å². The summed E-state index contributed by atoms with van der Waals surface area (Å²) in [7, 11) is 2.06. The van der Waals surface area contributed by atoms with Gasteiger partial charge in [0.1, 0.15) is 18.2 Å². The Bertz CT molecular complexity index is 1960. The molecule has 0 N–H and O–H groups in total. The van der Waals surface area contributed by atoms with Crippen molar-refractivity contribution in [1.82, 2.24) is 0 Å². The van der Waals surface area contributed by atoms with Gasteiger partial charge in [-0.05, 0) is 88.9 Å². The van der Waals surface area contributed by atoms with Gasteiger partial charge < -0.3 is 4.42 Å². The van der Waals surface area contributed by atoms with E-state index in [4.69, 9.17) is 4.42 Å². The highest BCUT2D eigenvalue weighted by molar-refractivity contribution is 6.14. The van der Waals surface area contributed by atoms with E-state index >= 15 is 0 Å². The number of nitriles is 1. The number of aromatic nitrogens is 1. The molecule has 0 spiro atoms. The van der Waals surface area contributed by atoms with Crippen LogP contribution in [0.15, 0.2) is 65.2 Å². The Morgan fingerprint density at radius 3 is 2.34 bits per heavy atom. The van der Waals surface area contributed by atoms with Crippen molar-refractivity contribution < 1.29 is 10.4 Å². The number of pyridine rings is 1. The normalized spacial score (nSPS) is 18.9. The predicted molar refractivity (Wildman–Crippen MR) is 167 cm³/mol. The van der Waals surface area contributed by atoms with Crippen LogP contribution in [-0.4, -0.2) is 0 Å². The molecule has 0 aliphatic heterocycles. The van der Waals surface area contributed by atoms with E-state index in [2.05, 4.69) is 94.9 Å². The number of fused-ring (bicyclic) bond motifs is 4. The van der Waals surface area contributed by atoms with Gasteiger partial charge >= 0.3 is 0 Å². The summed E-state index contributed by atoms with van der Waals surface area (Å²) >= 11 is 0. The fourth-order valence-electron chi connectivity index (χ4n) is 8.17. The Labute approximate surface area is 244 Å². The molecule has 3 heteroatoms. The highest BCUT2D eigenvalue weighted by Crippen LogP contribution is 2.55. The van der Waals surface area contributed by atoms with Gasteiger partial charge in [-0.2, -0.15) is 5.26 Å². The zero-order chi connectivity index (χ0) is 29.6. The standard InChI is InChI=1S/C38H39N2O/c1-23-14-16-27-28-17-15-25(21-39)33(36(28)41-35(27)32(23)31-13-9-10-18-40(31)6)26-19-29(24-11-7-8-12-24)34-30(20-26)37(2,3)22-38(34,4)5/h9-10,13-20,24H,7-8,11-12,22H2,1-6H3/q+1/i24D. The van der Waals surface area contributed by atoms with Gasteiger partial charge in [-0.15, -0.1) is 0 Å². The molecule has 0 atom stereocenters. The largest absolute Gasteiger partial charge is 0.454 e. The first-order chi connectivity index (χ1) is 19.9. The second kappa shape index (κ2) is 9.05. The van der Waals surface area contributed by atoms with Crippen LogP contribution >= 0.6 is 0 Å². The number of benzene rings is 3. The van der Waals surface area contributed by atoms with Crippen LogP contribution in [0.5, 0.6) is 0 Å². The van der Waals surface area contributed by atoms with Crippen LogP contribution in [0.2, 0.25) is 0 Å². The minimum Gasteiger partial charge on any atom is -0.454 e. The van der Waals surface area contributed by atoms with E-state index in [1.807, 2.05) is 18.2 Å². The summed E-state index contributed by atoms with van der Waals surface area (Å²) in [6.45, 7) is 11.5. The van der Waals surface area contributed by atoms with E-state index in [1.165, 1.54) is 11.1 Å². The van der Waals surface area contributed by atoms with Crippen LogP contribution in [-0.2, 0) is 17.9 Å². The summed E-state index contributed by atoms with van der Waals surface area (Å²) in [5.74, 6) is -0.599. The van der Waals surface area contributed by atoms with E-state index in [9.17, 15) is 6.63 Å².